The van der Waals surface area contributed by atoms with Crippen LogP contribution >= 0.6 is 0 Å². The highest BCUT2D eigenvalue weighted by atomic mass is 16.5. The van der Waals surface area contributed by atoms with E-state index in [1.807, 2.05) is 49.9 Å². The number of alkyl carbamates (subject to hydrolysis) is 2. The van der Waals surface area contributed by atoms with Crippen molar-refractivity contribution in [1.29, 1.82) is 0 Å². The third-order valence-corrected chi connectivity index (χ3v) is 12.9. The van der Waals surface area contributed by atoms with E-state index >= 15 is 0 Å². The molecule has 8 rings (SSSR count). The highest BCUT2D eigenvalue weighted by molar-refractivity contribution is 5.87. The Morgan fingerprint density at radius 2 is 1.23 bits per heavy atom. The Kier molecular flexibility index (Phi) is 11.5. The standard InChI is InChI=1S/C45H56N8O7/c1-25(2)37(50-43(56)58-5)41(54)52-20-7-9-34(52)39-46-23-32(48-39)28-13-11-27(12-14-28)29-15-16-30(31-17-18-45(36(29)31)19-22-60-45)33-24-47-40(49-33)35-10-8-21-53(35)42(55)38(26(3)4)51-44(57)59-6/h11-16,23-26,34-35,37-38H,7-10,17-22H2,1-6H3,(H,46,48)(H,47,49)(H,50,56)(H,51,57)/t34-,35-,37-,38-,45?/m0/s1. The van der Waals surface area contributed by atoms with E-state index in [9.17, 15) is 19.2 Å². The maximum atomic E-state index is 13.8. The number of ether oxygens (including phenoxy) is 3. The van der Waals surface area contributed by atoms with Crippen LogP contribution in [0.25, 0.3) is 33.6 Å². The van der Waals surface area contributed by atoms with Crippen LogP contribution in [0.5, 0.6) is 0 Å². The number of benzene rings is 2. The Morgan fingerprint density at radius 1 is 0.733 bits per heavy atom. The van der Waals surface area contributed by atoms with E-state index in [4.69, 9.17) is 24.2 Å². The number of hydrogen-bond donors (Lipinski definition) is 4. The summed E-state index contributed by atoms with van der Waals surface area (Å²) in [5, 5.41) is 5.44. The molecule has 4 aromatic rings. The zero-order valence-corrected chi connectivity index (χ0v) is 35.3. The van der Waals surface area contributed by atoms with Crippen molar-refractivity contribution in [1.82, 2.24) is 40.4 Å². The number of hydrogen-bond acceptors (Lipinski definition) is 9. The molecule has 0 saturated carbocycles. The molecule has 4 aliphatic rings. The van der Waals surface area contributed by atoms with Crippen molar-refractivity contribution in [2.75, 3.05) is 33.9 Å². The van der Waals surface area contributed by atoms with Gasteiger partial charge in [0.15, 0.2) is 0 Å². The number of fused-ring (bicyclic) bond motifs is 2. The molecule has 318 valence electrons. The van der Waals surface area contributed by atoms with Crippen molar-refractivity contribution < 1.29 is 33.4 Å². The number of aromatic amines is 2. The molecule has 3 aliphatic heterocycles. The van der Waals surface area contributed by atoms with E-state index in [1.165, 1.54) is 25.3 Å². The average Bonchev–Trinajstić information content (AvgIpc) is 4.09. The Hall–Kier alpha value is -5.70. The maximum Gasteiger partial charge on any atom is 0.407 e. The molecule has 2 aromatic carbocycles. The number of methoxy groups -OCH3 is 2. The first kappa shape index (κ1) is 41.1. The summed E-state index contributed by atoms with van der Waals surface area (Å²) in [6, 6.07) is 11.0. The van der Waals surface area contributed by atoms with E-state index in [0.717, 1.165) is 96.8 Å². The first-order chi connectivity index (χ1) is 28.9. The number of likely N-dealkylation sites (tertiary alicyclic amines) is 2. The minimum atomic E-state index is -0.699. The topological polar surface area (TPSA) is 184 Å². The molecule has 15 nitrogen and oxygen atoms in total. The second kappa shape index (κ2) is 16.7. The second-order valence-electron chi connectivity index (χ2n) is 17.1. The van der Waals surface area contributed by atoms with Gasteiger partial charge >= 0.3 is 12.2 Å². The van der Waals surface area contributed by atoms with Crippen molar-refractivity contribution in [3.05, 3.63) is 71.6 Å². The lowest BCUT2D eigenvalue weighted by Crippen LogP contribution is -2.51. The zero-order valence-electron chi connectivity index (χ0n) is 35.3. The van der Waals surface area contributed by atoms with Gasteiger partial charge in [0, 0.05) is 25.1 Å². The van der Waals surface area contributed by atoms with Gasteiger partial charge in [-0.25, -0.2) is 19.6 Å². The number of imidazole rings is 2. The number of rotatable bonds is 11. The molecular formula is C45H56N8O7. The monoisotopic (exact) mass is 820 g/mol. The van der Waals surface area contributed by atoms with Crippen molar-refractivity contribution in [2.45, 2.75) is 102 Å². The van der Waals surface area contributed by atoms with Gasteiger partial charge in [-0.2, -0.15) is 0 Å². The summed E-state index contributed by atoms with van der Waals surface area (Å²) >= 11 is 0. The quantitative estimate of drug-likeness (QED) is 0.127. The molecule has 5 atom stereocenters. The smallest absolute Gasteiger partial charge is 0.407 e. The van der Waals surface area contributed by atoms with Crippen molar-refractivity contribution in [3.8, 4) is 33.6 Å². The Morgan fingerprint density at radius 3 is 1.73 bits per heavy atom. The number of H-pyrrole nitrogens is 2. The van der Waals surface area contributed by atoms with Gasteiger partial charge in [-0.15, -0.1) is 0 Å². The van der Waals surface area contributed by atoms with Crippen LogP contribution in [0.15, 0.2) is 48.8 Å². The molecule has 3 fully saturated rings. The Labute approximate surface area is 350 Å². The molecule has 0 radical (unpaired) electrons. The maximum absolute atomic E-state index is 13.8. The molecule has 2 aromatic heterocycles. The van der Waals surface area contributed by atoms with Crippen LogP contribution < -0.4 is 10.6 Å². The minimum Gasteiger partial charge on any atom is -0.453 e. The first-order valence-electron chi connectivity index (χ1n) is 21.2. The van der Waals surface area contributed by atoms with Gasteiger partial charge in [0.1, 0.15) is 23.7 Å². The number of carbonyl (C=O) groups excluding carboxylic acids is 4. The largest absolute Gasteiger partial charge is 0.453 e. The van der Waals surface area contributed by atoms with E-state index in [1.54, 1.807) is 0 Å². The molecule has 1 aliphatic carbocycles. The lowest BCUT2D eigenvalue weighted by Gasteiger charge is -2.40. The fourth-order valence-corrected chi connectivity index (χ4v) is 9.63. The summed E-state index contributed by atoms with van der Waals surface area (Å²) < 4.78 is 16.0. The Balaban J connectivity index is 1.03. The molecule has 4 N–H and O–H groups in total. The number of aromatic nitrogens is 4. The fourth-order valence-electron chi connectivity index (χ4n) is 9.63. The Bertz CT molecular complexity index is 2240. The molecule has 5 heterocycles. The molecule has 1 unspecified atom stereocenters. The van der Waals surface area contributed by atoms with E-state index in [2.05, 4.69) is 57.0 Å². The van der Waals surface area contributed by atoms with E-state index < -0.39 is 24.3 Å². The molecule has 3 saturated heterocycles. The van der Waals surface area contributed by atoms with Gasteiger partial charge in [-0.05, 0) is 78.2 Å². The summed E-state index contributed by atoms with van der Waals surface area (Å²) in [6.07, 6.45) is 8.45. The van der Waals surface area contributed by atoms with Crippen LogP contribution in [0.2, 0.25) is 0 Å². The highest BCUT2D eigenvalue weighted by Gasteiger charge is 2.48. The van der Waals surface area contributed by atoms with Gasteiger partial charge in [0.25, 0.3) is 0 Å². The summed E-state index contributed by atoms with van der Waals surface area (Å²) in [5.74, 6) is 0.960. The SMILES string of the molecule is COC(=O)N[C@H](C(=O)N1CCC[C@H]1c1ncc(-c2ccc(-c3ccc(-c4cnc([C@@H]5CCCN5C(=O)[C@@H](NC(=O)OC)C(C)C)[nH]4)c4c3C3(CCO3)CC4)cc2)[nH]1)C(C)C. The van der Waals surface area contributed by atoms with Crippen molar-refractivity contribution in [3.63, 3.8) is 0 Å². The average molecular weight is 821 g/mol. The molecule has 15 heteroatoms. The molecule has 60 heavy (non-hydrogen) atoms. The third kappa shape index (κ3) is 7.52. The lowest BCUT2D eigenvalue weighted by molar-refractivity contribution is -0.151. The summed E-state index contributed by atoms with van der Waals surface area (Å²) in [6.45, 7) is 9.55. The normalized spacial score (nSPS) is 21.9. The van der Waals surface area contributed by atoms with Gasteiger partial charge in [0.05, 0.1) is 62.3 Å². The van der Waals surface area contributed by atoms with E-state index in [-0.39, 0.29) is 41.3 Å². The van der Waals surface area contributed by atoms with Crippen LogP contribution in [0, 0.1) is 11.8 Å². The number of amides is 4. The van der Waals surface area contributed by atoms with Gasteiger partial charge in [-0.1, -0.05) is 64.1 Å². The van der Waals surface area contributed by atoms with Crippen molar-refractivity contribution in [2.24, 2.45) is 11.8 Å². The van der Waals surface area contributed by atoms with Crippen LogP contribution in [-0.2, 0) is 35.8 Å². The fraction of sp³-hybridized carbons (Fsp3) is 0.511. The predicted octanol–water partition coefficient (Wildman–Crippen LogP) is 6.78. The van der Waals surface area contributed by atoms with Crippen LogP contribution in [0.4, 0.5) is 9.59 Å². The predicted molar refractivity (Wildman–Crippen MR) is 223 cm³/mol. The van der Waals surface area contributed by atoms with Gasteiger partial charge < -0.3 is 44.6 Å². The third-order valence-electron chi connectivity index (χ3n) is 12.9. The van der Waals surface area contributed by atoms with E-state index in [0.29, 0.717) is 13.1 Å². The summed E-state index contributed by atoms with van der Waals surface area (Å²) in [4.78, 5) is 71.8. The van der Waals surface area contributed by atoms with Crippen LogP contribution in [0.3, 0.4) is 0 Å². The van der Waals surface area contributed by atoms with Crippen LogP contribution in [-0.4, -0.2) is 99.7 Å². The summed E-state index contributed by atoms with van der Waals surface area (Å²) in [7, 11) is 2.59. The van der Waals surface area contributed by atoms with Crippen LogP contribution in [0.1, 0.15) is 101 Å². The lowest BCUT2D eigenvalue weighted by atomic mass is 9.82. The van der Waals surface area contributed by atoms with Crippen molar-refractivity contribution >= 4 is 24.0 Å². The highest BCUT2D eigenvalue weighted by Crippen LogP contribution is 2.54. The minimum absolute atomic E-state index is 0.112. The number of nitrogens with zero attached hydrogens (tertiary/aromatic N) is 4. The summed E-state index contributed by atoms with van der Waals surface area (Å²) in [5.41, 5.74) is 8.24. The van der Waals surface area contributed by atoms with Gasteiger partial charge in [-0.3, -0.25) is 9.59 Å². The molecule has 4 amide bonds. The first-order valence-corrected chi connectivity index (χ1v) is 21.2. The number of nitrogens with one attached hydrogen (secondary N) is 4. The number of carbonyl (C=O) groups is 4. The second-order valence-corrected chi connectivity index (χ2v) is 17.1. The molecule has 0 bridgehead atoms. The zero-order chi connectivity index (χ0) is 42.3. The van der Waals surface area contributed by atoms with Gasteiger partial charge in [0.2, 0.25) is 11.8 Å². The molecule has 1 spiro atoms. The molecular weight excluding hydrogens is 765 g/mol.